The first-order valence-corrected chi connectivity index (χ1v) is 9.04. The Balaban J connectivity index is 4.25. The Labute approximate surface area is 133 Å². The average molecular weight is 353 g/mol. The normalized spacial score (nSPS) is 13.7. The molecular formula is C16H33BrO3. The molecule has 1 unspecified atom stereocenters. The zero-order valence-corrected chi connectivity index (χ0v) is 15.3. The van der Waals surface area contributed by atoms with Gasteiger partial charge in [-0.15, -0.1) is 0 Å². The number of methoxy groups -OCH3 is 3. The highest BCUT2D eigenvalue weighted by molar-refractivity contribution is 9.09. The highest BCUT2D eigenvalue weighted by Crippen LogP contribution is 2.32. The van der Waals surface area contributed by atoms with Crippen molar-refractivity contribution < 1.29 is 14.2 Å². The molecule has 0 aliphatic rings. The molecule has 0 N–H and O–H groups in total. The van der Waals surface area contributed by atoms with Crippen LogP contribution in [0, 0.1) is 5.92 Å². The summed E-state index contributed by atoms with van der Waals surface area (Å²) in [6.07, 6.45) is 11.1. The molecule has 4 heteroatoms. The first-order valence-electron chi connectivity index (χ1n) is 7.92. The van der Waals surface area contributed by atoms with E-state index >= 15 is 0 Å². The molecular weight excluding hydrogens is 320 g/mol. The Hall–Kier alpha value is 0.360. The maximum atomic E-state index is 5.53. The standard InChI is InChI=1S/C16H33BrO3/c1-5-6-7-8-9-10-12-15(13-11-14-17)16(18-2,19-3)20-4/h15H,5-14H2,1-4H3. The van der Waals surface area contributed by atoms with Crippen LogP contribution in [0.3, 0.4) is 0 Å². The second-order valence-electron chi connectivity index (χ2n) is 5.30. The van der Waals surface area contributed by atoms with E-state index in [1.165, 1.54) is 38.5 Å². The molecule has 0 fully saturated rings. The molecule has 122 valence electrons. The van der Waals surface area contributed by atoms with Crippen LogP contribution in [0.15, 0.2) is 0 Å². The van der Waals surface area contributed by atoms with Gasteiger partial charge in [-0.05, 0) is 19.3 Å². The summed E-state index contributed by atoms with van der Waals surface area (Å²) in [6, 6.07) is 0. The van der Waals surface area contributed by atoms with Gasteiger partial charge in [0, 0.05) is 32.6 Å². The van der Waals surface area contributed by atoms with Crippen LogP contribution in [0.25, 0.3) is 0 Å². The minimum Gasteiger partial charge on any atom is -0.331 e. The van der Waals surface area contributed by atoms with Crippen molar-refractivity contribution in [3.05, 3.63) is 0 Å². The molecule has 20 heavy (non-hydrogen) atoms. The Morgan fingerprint density at radius 2 is 1.30 bits per heavy atom. The molecule has 0 heterocycles. The lowest BCUT2D eigenvalue weighted by Crippen LogP contribution is -2.44. The van der Waals surface area contributed by atoms with Crippen molar-refractivity contribution in [2.75, 3.05) is 26.7 Å². The molecule has 0 aromatic carbocycles. The van der Waals surface area contributed by atoms with E-state index in [1.807, 2.05) is 0 Å². The van der Waals surface area contributed by atoms with Crippen molar-refractivity contribution in [2.24, 2.45) is 5.92 Å². The minimum absolute atomic E-state index is 0.284. The summed E-state index contributed by atoms with van der Waals surface area (Å²) >= 11 is 3.50. The lowest BCUT2D eigenvalue weighted by Gasteiger charge is -2.36. The van der Waals surface area contributed by atoms with E-state index in [4.69, 9.17) is 14.2 Å². The van der Waals surface area contributed by atoms with Gasteiger partial charge in [0.15, 0.2) is 0 Å². The van der Waals surface area contributed by atoms with Gasteiger partial charge in [0.25, 0.3) is 5.97 Å². The van der Waals surface area contributed by atoms with E-state index in [2.05, 4.69) is 22.9 Å². The van der Waals surface area contributed by atoms with Crippen molar-refractivity contribution in [1.82, 2.24) is 0 Å². The maximum absolute atomic E-state index is 5.53. The van der Waals surface area contributed by atoms with Crippen LogP contribution < -0.4 is 0 Å². The maximum Gasteiger partial charge on any atom is 0.285 e. The number of halogens is 1. The molecule has 3 nitrogen and oxygen atoms in total. The summed E-state index contributed by atoms with van der Waals surface area (Å²) in [7, 11) is 4.99. The Bertz CT molecular complexity index is 200. The minimum atomic E-state index is -0.883. The zero-order valence-electron chi connectivity index (χ0n) is 13.8. The van der Waals surface area contributed by atoms with Gasteiger partial charge in [-0.25, -0.2) is 0 Å². The molecule has 0 spiro atoms. The lowest BCUT2D eigenvalue weighted by atomic mass is 9.93. The fraction of sp³-hybridized carbons (Fsp3) is 1.00. The van der Waals surface area contributed by atoms with E-state index in [0.717, 1.165) is 24.6 Å². The molecule has 0 bridgehead atoms. The fourth-order valence-electron chi connectivity index (χ4n) is 2.74. The lowest BCUT2D eigenvalue weighted by molar-refractivity contribution is -0.380. The summed E-state index contributed by atoms with van der Waals surface area (Å²) in [5.41, 5.74) is 0. The van der Waals surface area contributed by atoms with Crippen LogP contribution >= 0.6 is 15.9 Å². The molecule has 0 radical (unpaired) electrons. The van der Waals surface area contributed by atoms with Crippen molar-refractivity contribution in [2.45, 2.75) is 70.7 Å². The van der Waals surface area contributed by atoms with Crippen LogP contribution in [-0.2, 0) is 14.2 Å². The van der Waals surface area contributed by atoms with Crippen molar-refractivity contribution in [3.63, 3.8) is 0 Å². The first-order chi connectivity index (χ1) is 9.70. The van der Waals surface area contributed by atoms with Crippen molar-refractivity contribution in [1.29, 1.82) is 0 Å². The molecule has 0 aromatic rings. The molecule has 0 aliphatic heterocycles. The quantitative estimate of drug-likeness (QED) is 0.246. The van der Waals surface area contributed by atoms with E-state index in [-0.39, 0.29) is 5.92 Å². The summed E-state index contributed by atoms with van der Waals surface area (Å²) in [4.78, 5) is 0. The van der Waals surface area contributed by atoms with E-state index < -0.39 is 5.97 Å². The highest BCUT2D eigenvalue weighted by atomic mass is 79.9. The number of unbranched alkanes of at least 4 members (excludes halogenated alkanes) is 5. The van der Waals surface area contributed by atoms with Gasteiger partial charge in [-0.3, -0.25) is 0 Å². The zero-order chi connectivity index (χ0) is 15.3. The third-order valence-corrected chi connectivity index (χ3v) is 4.51. The SMILES string of the molecule is CCCCCCCCC(CCCBr)C(OC)(OC)OC. The van der Waals surface area contributed by atoms with E-state index in [1.54, 1.807) is 21.3 Å². The van der Waals surface area contributed by atoms with Crippen LogP contribution in [0.1, 0.15) is 64.7 Å². The molecule has 0 saturated carbocycles. The third-order valence-electron chi connectivity index (χ3n) is 3.95. The van der Waals surface area contributed by atoms with E-state index in [9.17, 15) is 0 Å². The number of hydrogen-bond acceptors (Lipinski definition) is 3. The predicted molar refractivity (Wildman–Crippen MR) is 88.3 cm³/mol. The van der Waals surface area contributed by atoms with Crippen LogP contribution in [0.4, 0.5) is 0 Å². The molecule has 0 saturated heterocycles. The Morgan fingerprint density at radius 3 is 1.80 bits per heavy atom. The Morgan fingerprint density at radius 1 is 0.800 bits per heavy atom. The van der Waals surface area contributed by atoms with Gasteiger partial charge in [0.1, 0.15) is 0 Å². The molecule has 0 rings (SSSR count). The second kappa shape index (κ2) is 13.1. The second-order valence-corrected chi connectivity index (χ2v) is 6.09. The average Bonchev–Trinajstić information content (AvgIpc) is 2.49. The number of ether oxygens (including phenoxy) is 3. The van der Waals surface area contributed by atoms with Gasteiger partial charge < -0.3 is 14.2 Å². The number of hydrogen-bond donors (Lipinski definition) is 0. The first kappa shape index (κ1) is 20.4. The van der Waals surface area contributed by atoms with E-state index in [0.29, 0.717) is 0 Å². The number of rotatable bonds is 14. The summed E-state index contributed by atoms with van der Waals surface area (Å²) in [5, 5.41) is 1.01. The third kappa shape index (κ3) is 7.39. The topological polar surface area (TPSA) is 27.7 Å². The van der Waals surface area contributed by atoms with Gasteiger partial charge >= 0.3 is 0 Å². The van der Waals surface area contributed by atoms with Gasteiger partial charge in [0.2, 0.25) is 0 Å². The smallest absolute Gasteiger partial charge is 0.285 e. The van der Waals surface area contributed by atoms with Gasteiger partial charge in [-0.2, -0.15) is 0 Å². The largest absolute Gasteiger partial charge is 0.331 e. The van der Waals surface area contributed by atoms with Gasteiger partial charge in [-0.1, -0.05) is 61.4 Å². The Kier molecular flexibility index (Phi) is 13.3. The van der Waals surface area contributed by atoms with Crippen LogP contribution in [0.2, 0.25) is 0 Å². The highest BCUT2D eigenvalue weighted by Gasteiger charge is 2.39. The fourth-order valence-corrected chi connectivity index (χ4v) is 3.07. The molecule has 0 aliphatic carbocycles. The number of alkyl halides is 1. The van der Waals surface area contributed by atoms with Crippen molar-refractivity contribution >= 4 is 15.9 Å². The monoisotopic (exact) mass is 352 g/mol. The van der Waals surface area contributed by atoms with Crippen molar-refractivity contribution in [3.8, 4) is 0 Å². The van der Waals surface area contributed by atoms with Crippen LogP contribution in [0.5, 0.6) is 0 Å². The summed E-state index contributed by atoms with van der Waals surface area (Å²) in [6.45, 7) is 2.25. The molecule has 0 aromatic heterocycles. The molecule has 1 atom stereocenters. The van der Waals surface area contributed by atoms with Gasteiger partial charge in [0.05, 0.1) is 0 Å². The predicted octanol–water partition coefficient (Wildman–Crippen LogP) is 5.12. The summed E-state index contributed by atoms with van der Waals surface area (Å²) in [5.74, 6) is -0.600. The summed E-state index contributed by atoms with van der Waals surface area (Å²) < 4.78 is 16.6. The van der Waals surface area contributed by atoms with Crippen LogP contribution in [-0.4, -0.2) is 32.6 Å². The molecule has 0 amide bonds.